The normalized spacial score (nSPS) is 13.6. The van der Waals surface area contributed by atoms with Gasteiger partial charge in [-0.25, -0.2) is 5.01 Å². The van der Waals surface area contributed by atoms with Gasteiger partial charge in [0.15, 0.2) is 0 Å². The molecule has 9 heteroatoms. The number of ether oxygens (including phenoxy) is 1. The maximum Gasteiger partial charge on any atom is 0.274 e. The largest absolute Gasteiger partial charge is 0.492 e. The van der Waals surface area contributed by atoms with Crippen molar-refractivity contribution in [3.05, 3.63) is 60.5 Å². The smallest absolute Gasteiger partial charge is 0.274 e. The quantitative estimate of drug-likeness (QED) is 0.630. The van der Waals surface area contributed by atoms with E-state index in [1.165, 1.54) is 0 Å². The number of amides is 2. The molecule has 4 rings (SSSR count). The average molecular weight is 419 g/mol. The van der Waals surface area contributed by atoms with E-state index in [1.807, 2.05) is 43.3 Å². The summed E-state index contributed by atoms with van der Waals surface area (Å²) in [6, 6.07) is 16.5. The van der Waals surface area contributed by atoms with E-state index >= 15 is 0 Å². The number of rotatable bonds is 7. The number of aromatic nitrogens is 2. The van der Waals surface area contributed by atoms with E-state index in [4.69, 9.17) is 9.26 Å². The number of nitrogens with one attached hydrogen (secondary N) is 1. The third kappa shape index (κ3) is 4.77. The van der Waals surface area contributed by atoms with E-state index < -0.39 is 0 Å². The van der Waals surface area contributed by atoms with Crippen molar-refractivity contribution in [2.24, 2.45) is 5.10 Å². The topological polar surface area (TPSA) is 110 Å². The molecule has 0 unspecified atom stereocenters. The van der Waals surface area contributed by atoms with Gasteiger partial charge in [0.2, 0.25) is 17.6 Å². The van der Waals surface area contributed by atoms with Crippen molar-refractivity contribution in [2.45, 2.75) is 19.8 Å². The van der Waals surface area contributed by atoms with E-state index in [9.17, 15) is 9.59 Å². The summed E-state index contributed by atoms with van der Waals surface area (Å²) in [4.78, 5) is 29.2. The van der Waals surface area contributed by atoms with Crippen molar-refractivity contribution in [2.75, 3.05) is 18.5 Å². The molecule has 158 valence electrons. The second-order valence-corrected chi connectivity index (χ2v) is 6.76. The van der Waals surface area contributed by atoms with Gasteiger partial charge in [0.05, 0.1) is 12.3 Å². The lowest BCUT2D eigenvalue weighted by Crippen LogP contribution is -2.38. The van der Waals surface area contributed by atoms with Crippen LogP contribution in [-0.2, 0) is 9.59 Å². The lowest BCUT2D eigenvalue weighted by Gasteiger charge is -2.22. The summed E-state index contributed by atoms with van der Waals surface area (Å²) in [5.74, 6) is 0.595. The molecule has 2 aromatic carbocycles. The van der Waals surface area contributed by atoms with Gasteiger partial charge >= 0.3 is 0 Å². The van der Waals surface area contributed by atoms with Gasteiger partial charge in [0.1, 0.15) is 18.0 Å². The fraction of sp³-hybridized carbons (Fsp3) is 0.227. The summed E-state index contributed by atoms with van der Waals surface area (Å²) in [6.07, 6.45) is 0.561. The molecule has 9 nitrogen and oxygen atoms in total. The number of benzene rings is 2. The van der Waals surface area contributed by atoms with Crippen molar-refractivity contribution in [3.63, 3.8) is 0 Å². The van der Waals surface area contributed by atoms with Crippen LogP contribution in [-0.4, -0.2) is 45.8 Å². The summed E-state index contributed by atoms with van der Waals surface area (Å²) in [7, 11) is 0. The van der Waals surface area contributed by atoms with Crippen molar-refractivity contribution in [1.29, 1.82) is 0 Å². The van der Waals surface area contributed by atoms with Gasteiger partial charge in [0, 0.05) is 18.4 Å². The molecule has 1 N–H and O–H groups in total. The molecule has 1 aliphatic rings. The van der Waals surface area contributed by atoms with E-state index in [-0.39, 0.29) is 30.7 Å². The molecule has 2 heterocycles. The van der Waals surface area contributed by atoms with Gasteiger partial charge in [-0.2, -0.15) is 10.1 Å². The summed E-state index contributed by atoms with van der Waals surface area (Å²) >= 11 is 0. The fourth-order valence-corrected chi connectivity index (χ4v) is 3.10. The number of anilines is 1. The van der Waals surface area contributed by atoms with Gasteiger partial charge in [-0.1, -0.05) is 47.6 Å². The Labute approximate surface area is 178 Å². The molecule has 0 atom stereocenters. The highest BCUT2D eigenvalue weighted by Crippen LogP contribution is 2.24. The Bertz CT molecular complexity index is 1110. The van der Waals surface area contributed by atoms with E-state index in [2.05, 4.69) is 20.6 Å². The van der Waals surface area contributed by atoms with Crippen LogP contribution < -0.4 is 10.1 Å². The van der Waals surface area contributed by atoms with Gasteiger partial charge in [0.25, 0.3) is 5.89 Å². The lowest BCUT2D eigenvalue weighted by atomic mass is 10.1. The first kappa shape index (κ1) is 20.3. The molecule has 0 aliphatic carbocycles. The summed E-state index contributed by atoms with van der Waals surface area (Å²) in [6.45, 7) is 2.10. The highest BCUT2D eigenvalue weighted by molar-refractivity contribution is 6.02. The van der Waals surface area contributed by atoms with E-state index in [1.54, 1.807) is 18.2 Å². The second-order valence-electron chi connectivity index (χ2n) is 6.76. The van der Waals surface area contributed by atoms with Crippen LogP contribution in [0.5, 0.6) is 5.75 Å². The Morgan fingerprint density at radius 2 is 1.90 bits per heavy atom. The van der Waals surface area contributed by atoms with Gasteiger partial charge < -0.3 is 14.6 Å². The summed E-state index contributed by atoms with van der Waals surface area (Å²) in [5.41, 5.74) is 1.82. The molecule has 0 saturated heterocycles. The minimum Gasteiger partial charge on any atom is -0.492 e. The third-order valence-electron chi connectivity index (χ3n) is 4.56. The minimum atomic E-state index is -0.388. The molecule has 0 saturated carbocycles. The molecular weight excluding hydrogens is 398 g/mol. The van der Waals surface area contributed by atoms with Gasteiger partial charge in [-0.15, -0.1) is 0 Å². The molecule has 0 spiro atoms. The molecule has 3 aromatic rings. The van der Waals surface area contributed by atoms with E-state index in [0.29, 0.717) is 36.0 Å². The number of carbonyl (C=O) groups is 2. The molecule has 31 heavy (non-hydrogen) atoms. The van der Waals surface area contributed by atoms with Crippen molar-refractivity contribution >= 4 is 23.2 Å². The van der Waals surface area contributed by atoms with Gasteiger partial charge in [-0.05, 0) is 19.1 Å². The third-order valence-corrected chi connectivity index (χ3v) is 4.56. The zero-order chi connectivity index (χ0) is 21.6. The summed E-state index contributed by atoms with van der Waals surface area (Å²) in [5, 5.41) is 12.2. The standard InChI is InChI=1S/C22H21N5O4/c1-2-30-18-11-7-6-10-16(18)23-19(28)14-27-20(29)13-12-17(25-27)22-24-21(26-31-22)15-8-4-3-5-9-15/h3-11H,2,12-14H2,1H3,(H,23,28). The van der Waals surface area contributed by atoms with Crippen molar-refractivity contribution in [1.82, 2.24) is 15.1 Å². The Hall–Kier alpha value is -4.01. The predicted octanol–water partition coefficient (Wildman–Crippen LogP) is 3.10. The first-order valence-corrected chi connectivity index (χ1v) is 9.93. The average Bonchev–Trinajstić information content (AvgIpc) is 3.28. The molecule has 0 bridgehead atoms. The van der Waals surface area contributed by atoms with Crippen LogP contribution in [0.3, 0.4) is 0 Å². The summed E-state index contributed by atoms with van der Waals surface area (Å²) < 4.78 is 10.9. The predicted molar refractivity (Wildman–Crippen MR) is 113 cm³/mol. The van der Waals surface area contributed by atoms with E-state index in [0.717, 1.165) is 10.6 Å². The zero-order valence-electron chi connectivity index (χ0n) is 16.9. The number of para-hydroxylation sites is 2. The fourth-order valence-electron chi connectivity index (χ4n) is 3.10. The molecule has 1 aliphatic heterocycles. The first-order valence-electron chi connectivity index (χ1n) is 9.93. The zero-order valence-corrected chi connectivity index (χ0v) is 16.9. The van der Waals surface area contributed by atoms with Crippen LogP contribution >= 0.6 is 0 Å². The van der Waals surface area contributed by atoms with Crippen LogP contribution in [0.25, 0.3) is 11.4 Å². The maximum atomic E-state index is 12.5. The Morgan fingerprint density at radius 1 is 1.13 bits per heavy atom. The monoisotopic (exact) mass is 419 g/mol. The maximum absolute atomic E-state index is 12.5. The number of hydrogen-bond donors (Lipinski definition) is 1. The molecule has 2 amide bonds. The Balaban J connectivity index is 1.47. The number of hydrogen-bond acceptors (Lipinski definition) is 7. The number of nitrogens with zero attached hydrogens (tertiary/aromatic N) is 4. The molecular formula is C22H21N5O4. The van der Waals surface area contributed by atoms with Gasteiger partial charge in [-0.3, -0.25) is 9.59 Å². The first-order chi connectivity index (χ1) is 15.1. The number of carbonyl (C=O) groups excluding carboxylic acids is 2. The second kappa shape index (κ2) is 9.21. The van der Waals surface area contributed by atoms with Crippen molar-refractivity contribution < 1.29 is 18.8 Å². The number of hydrazone groups is 1. The van der Waals surface area contributed by atoms with Crippen LogP contribution in [0.1, 0.15) is 25.7 Å². The molecule has 0 fully saturated rings. The SMILES string of the molecule is CCOc1ccccc1NC(=O)CN1N=C(c2nc(-c3ccccc3)no2)CCC1=O. The molecule has 0 radical (unpaired) electrons. The van der Waals surface area contributed by atoms with Crippen LogP contribution in [0.15, 0.2) is 64.2 Å². The van der Waals surface area contributed by atoms with Crippen LogP contribution in [0, 0.1) is 0 Å². The highest BCUT2D eigenvalue weighted by atomic mass is 16.5. The van der Waals surface area contributed by atoms with Crippen LogP contribution in [0.2, 0.25) is 0 Å². The molecule has 1 aromatic heterocycles. The lowest BCUT2D eigenvalue weighted by molar-refractivity contribution is -0.135. The van der Waals surface area contributed by atoms with Crippen molar-refractivity contribution in [3.8, 4) is 17.1 Å². The Morgan fingerprint density at radius 3 is 2.71 bits per heavy atom. The highest BCUT2D eigenvalue weighted by Gasteiger charge is 2.26. The Kier molecular flexibility index (Phi) is 6.02. The minimum absolute atomic E-state index is 0.199. The van der Waals surface area contributed by atoms with Crippen LogP contribution in [0.4, 0.5) is 5.69 Å².